The van der Waals surface area contributed by atoms with Crippen LogP contribution in [0.25, 0.3) is 11.0 Å². The largest absolute Gasteiger partial charge is 0.463 e. The number of benzene rings is 1. The third-order valence-electron chi connectivity index (χ3n) is 4.12. The van der Waals surface area contributed by atoms with Crippen molar-refractivity contribution in [3.8, 4) is 0 Å². The van der Waals surface area contributed by atoms with E-state index in [1.165, 1.54) is 6.26 Å². The number of carbonyl (C=O) groups excluding carboxylic acids is 2. The maximum absolute atomic E-state index is 12.8. The lowest BCUT2D eigenvalue weighted by atomic mass is 9.96. The summed E-state index contributed by atoms with van der Waals surface area (Å²) in [4.78, 5) is 26.1. The Kier molecular flexibility index (Phi) is 3.78. The maximum Gasteiger partial charge on any atom is 0.258 e. The smallest absolute Gasteiger partial charge is 0.258 e. The Hall–Kier alpha value is -2.10. The first kappa shape index (κ1) is 13.9. The minimum Gasteiger partial charge on any atom is -0.463 e. The van der Waals surface area contributed by atoms with Crippen LogP contribution in [-0.4, -0.2) is 29.2 Å². The van der Waals surface area contributed by atoms with Crippen LogP contribution in [0.2, 0.25) is 0 Å². The molecule has 3 rings (SSSR count). The van der Waals surface area contributed by atoms with Gasteiger partial charge in [-0.05, 0) is 32.3 Å². The number of rotatable bonds is 3. The van der Waals surface area contributed by atoms with Crippen LogP contribution >= 0.6 is 0 Å². The highest BCUT2D eigenvalue weighted by Gasteiger charge is 2.29. The van der Waals surface area contributed by atoms with Crippen molar-refractivity contribution in [2.75, 3.05) is 6.54 Å². The number of hydrogen-bond donors (Lipinski definition) is 0. The number of fused-ring (bicyclic) bond motifs is 1. The Bertz CT molecular complexity index is 673. The van der Waals surface area contributed by atoms with Crippen LogP contribution in [0, 0.1) is 0 Å². The number of carbonyl (C=O) groups is 2. The summed E-state index contributed by atoms with van der Waals surface area (Å²) in [5, 5.41) is 0.842. The standard InChI is InChI=1S/C17H19NO3/c1-12(19)10-13-6-4-5-9-18(13)17(20)15-11-21-16-8-3-2-7-14(15)16/h2-3,7-8,11,13H,4-6,9-10H2,1H3. The number of ketones is 1. The first-order valence-electron chi connectivity index (χ1n) is 7.43. The second-order valence-electron chi connectivity index (χ2n) is 5.70. The number of hydrogen-bond acceptors (Lipinski definition) is 3. The zero-order valence-electron chi connectivity index (χ0n) is 12.2. The van der Waals surface area contributed by atoms with Crippen LogP contribution in [0.5, 0.6) is 0 Å². The molecular weight excluding hydrogens is 266 g/mol. The van der Waals surface area contributed by atoms with Crippen molar-refractivity contribution in [2.45, 2.75) is 38.6 Å². The lowest BCUT2D eigenvalue weighted by Crippen LogP contribution is -2.44. The summed E-state index contributed by atoms with van der Waals surface area (Å²) in [6, 6.07) is 7.57. The molecule has 1 atom stereocenters. The second kappa shape index (κ2) is 5.72. The van der Waals surface area contributed by atoms with Gasteiger partial charge >= 0.3 is 0 Å². The Morgan fingerprint density at radius 2 is 2.10 bits per heavy atom. The van der Waals surface area contributed by atoms with Gasteiger partial charge in [-0.3, -0.25) is 9.59 Å². The van der Waals surface area contributed by atoms with E-state index >= 15 is 0 Å². The fraction of sp³-hybridized carbons (Fsp3) is 0.412. The van der Waals surface area contributed by atoms with E-state index in [1.807, 2.05) is 29.2 Å². The van der Waals surface area contributed by atoms with Gasteiger partial charge in [0.25, 0.3) is 5.91 Å². The molecule has 0 aliphatic carbocycles. The van der Waals surface area contributed by atoms with Gasteiger partial charge < -0.3 is 9.32 Å². The number of para-hydroxylation sites is 1. The predicted molar refractivity (Wildman–Crippen MR) is 80.2 cm³/mol. The van der Waals surface area contributed by atoms with Crippen LogP contribution in [0.3, 0.4) is 0 Å². The van der Waals surface area contributed by atoms with Crippen LogP contribution in [0.1, 0.15) is 43.0 Å². The van der Waals surface area contributed by atoms with Crippen molar-refractivity contribution in [2.24, 2.45) is 0 Å². The fourth-order valence-electron chi connectivity index (χ4n) is 3.11. The van der Waals surface area contributed by atoms with E-state index in [2.05, 4.69) is 0 Å². The second-order valence-corrected chi connectivity index (χ2v) is 5.70. The van der Waals surface area contributed by atoms with Gasteiger partial charge in [-0.15, -0.1) is 0 Å². The van der Waals surface area contributed by atoms with Gasteiger partial charge in [-0.25, -0.2) is 0 Å². The van der Waals surface area contributed by atoms with Crippen molar-refractivity contribution in [3.05, 3.63) is 36.1 Å². The predicted octanol–water partition coefficient (Wildman–Crippen LogP) is 3.41. The number of Topliss-reactive ketones (excluding diaryl/α,β-unsaturated/α-hetero) is 1. The van der Waals surface area contributed by atoms with Crippen molar-refractivity contribution < 1.29 is 14.0 Å². The van der Waals surface area contributed by atoms with Crippen LogP contribution in [-0.2, 0) is 4.79 Å². The SMILES string of the molecule is CC(=O)CC1CCCCN1C(=O)c1coc2ccccc12. The highest BCUT2D eigenvalue weighted by molar-refractivity contribution is 6.06. The summed E-state index contributed by atoms with van der Waals surface area (Å²) in [6.07, 6.45) is 4.96. The molecule has 1 amide bonds. The highest BCUT2D eigenvalue weighted by atomic mass is 16.3. The van der Waals surface area contributed by atoms with Gasteiger partial charge in [0.1, 0.15) is 17.6 Å². The minimum absolute atomic E-state index is 0.0223. The summed E-state index contributed by atoms with van der Waals surface area (Å²) in [5.74, 6) is 0.114. The maximum atomic E-state index is 12.8. The fourth-order valence-corrected chi connectivity index (χ4v) is 3.11. The average Bonchev–Trinajstić information content (AvgIpc) is 2.90. The molecule has 0 N–H and O–H groups in total. The monoisotopic (exact) mass is 285 g/mol. The van der Waals surface area contributed by atoms with Crippen molar-refractivity contribution in [1.29, 1.82) is 0 Å². The molecule has 2 heterocycles. The third kappa shape index (κ3) is 2.71. The molecule has 1 unspecified atom stereocenters. The summed E-state index contributed by atoms with van der Waals surface area (Å²) in [6.45, 7) is 2.31. The molecule has 0 spiro atoms. The first-order valence-corrected chi connectivity index (χ1v) is 7.43. The van der Waals surface area contributed by atoms with Crippen LogP contribution < -0.4 is 0 Å². The average molecular weight is 285 g/mol. The molecule has 0 radical (unpaired) electrons. The van der Waals surface area contributed by atoms with Crippen LogP contribution in [0.15, 0.2) is 34.9 Å². The third-order valence-corrected chi connectivity index (χ3v) is 4.12. The molecule has 2 aromatic rings. The van der Waals surface area contributed by atoms with Gasteiger partial charge in [-0.2, -0.15) is 0 Å². The summed E-state index contributed by atoms with van der Waals surface area (Å²) in [5.41, 5.74) is 1.32. The van der Waals surface area contributed by atoms with Gasteiger partial charge in [0, 0.05) is 24.4 Å². The lowest BCUT2D eigenvalue weighted by molar-refractivity contribution is -0.118. The Morgan fingerprint density at radius 1 is 1.29 bits per heavy atom. The molecule has 4 heteroatoms. The molecule has 1 fully saturated rings. The van der Waals surface area contributed by atoms with Gasteiger partial charge in [-0.1, -0.05) is 18.2 Å². The molecule has 4 nitrogen and oxygen atoms in total. The van der Waals surface area contributed by atoms with Gasteiger partial charge in [0.15, 0.2) is 0 Å². The summed E-state index contributed by atoms with van der Waals surface area (Å²) >= 11 is 0. The number of amides is 1. The lowest BCUT2D eigenvalue weighted by Gasteiger charge is -2.35. The van der Waals surface area contributed by atoms with Crippen molar-refractivity contribution >= 4 is 22.7 Å². The topological polar surface area (TPSA) is 50.5 Å². The molecule has 0 saturated carbocycles. The van der Waals surface area contributed by atoms with E-state index in [1.54, 1.807) is 6.92 Å². The number of nitrogens with zero attached hydrogens (tertiary/aromatic N) is 1. The molecule has 1 aliphatic heterocycles. The van der Waals surface area contributed by atoms with Gasteiger partial charge in [0.05, 0.1) is 5.56 Å². The van der Waals surface area contributed by atoms with Crippen LogP contribution in [0.4, 0.5) is 0 Å². The van der Waals surface area contributed by atoms with Crippen molar-refractivity contribution in [3.63, 3.8) is 0 Å². The Labute approximate surface area is 123 Å². The first-order chi connectivity index (χ1) is 10.2. The zero-order chi connectivity index (χ0) is 14.8. The Balaban J connectivity index is 1.90. The Morgan fingerprint density at radius 3 is 2.90 bits per heavy atom. The normalized spacial score (nSPS) is 18.9. The molecule has 110 valence electrons. The molecule has 1 aromatic heterocycles. The number of likely N-dealkylation sites (tertiary alicyclic amines) is 1. The molecule has 21 heavy (non-hydrogen) atoms. The van der Waals surface area contributed by atoms with E-state index in [0.717, 1.165) is 36.8 Å². The van der Waals surface area contributed by atoms with E-state index < -0.39 is 0 Å². The van der Waals surface area contributed by atoms with E-state index in [-0.39, 0.29) is 17.7 Å². The van der Waals surface area contributed by atoms with Gasteiger partial charge in [0.2, 0.25) is 0 Å². The molecule has 1 aromatic carbocycles. The quantitative estimate of drug-likeness (QED) is 0.868. The van der Waals surface area contributed by atoms with E-state index in [0.29, 0.717) is 12.0 Å². The zero-order valence-corrected chi connectivity index (χ0v) is 12.2. The van der Waals surface area contributed by atoms with Crippen molar-refractivity contribution in [1.82, 2.24) is 4.90 Å². The summed E-state index contributed by atoms with van der Waals surface area (Å²) < 4.78 is 5.46. The number of furan rings is 1. The molecular formula is C17H19NO3. The van der Waals surface area contributed by atoms with E-state index in [4.69, 9.17) is 4.42 Å². The molecule has 1 saturated heterocycles. The number of piperidine rings is 1. The highest BCUT2D eigenvalue weighted by Crippen LogP contribution is 2.26. The summed E-state index contributed by atoms with van der Waals surface area (Å²) in [7, 11) is 0. The van der Waals surface area contributed by atoms with E-state index in [9.17, 15) is 9.59 Å². The molecule has 1 aliphatic rings. The molecule has 0 bridgehead atoms. The minimum atomic E-state index is -0.0223.